The molecule has 1 aliphatic rings. The smallest absolute Gasteiger partial charge is 0.313 e. The molecule has 2 N–H and O–H groups in total. The number of hydrogen-bond donors (Lipinski definition) is 2. The number of unbranched alkanes of at least 4 members (excludes halogenated alkanes) is 1. The standard InChI is InChI=1S/C19H27BrFN3O2/c1-13-9-14(2)12-24(11-13)8-4-3-7-22-18(25)19(26)23-17-6-5-15(21)10-16(17)20/h5-6,10,13-14H,3-4,7-9,11-12H2,1-2H3,(H,22,25)(H,23,26)/t13-,14-/m0/s1. The van der Waals surface area contributed by atoms with Crippen molar-refractivity contribution >= 4 is 33.4 Å². The van der Waals surface area contributed by atoms with Crippen LogP contribution in [0.25, 0.3) is 0 Å². The van der Waals surface area contributed by atoms with Gasteiger partial charge >= 0.3 is 11.8 Å². The van der Waals surface area contributed by atoms with Crippen LogP contribution in [0.2, 0.25) is 0 Å². The Bertz CT molecular complexity index is 631. The lowest BCUT2D eigenvalue weighted by Gasteiger charge is -2.34. The van der Waals surface area contributed by atoms with E-state index in [1.54, 1.807) is 0 Å². The number of rotatable bonds is 6. The second-order valence-corrected chi connectivity index (χ2v) is 8.10. The van der Waals surface area contributed by atoms with Crippen LogP contribution in [0.4, 0.5) is 10.1 Å². The first-order chi connectivity index (χ1) is 12.3. The Morgan fingerprint density at radius 3 is 2.54 bits per heavy atom. The van der Waals surface area contributed by atoms with Crippen molar-refractivity contribution in [3.63, 3.8) is 0 Å². The van der Waals surface area contributed by atoms with Crippen LogP contribution < -0.4 is 10.6 Å². The van der Waals surface area contributed by atoms with E-state index in [-0.39, 0.29) is 0 Å². The molecule has 26 heavy (non-hydrogen) atoms. The van der Waals surface area contributed by atoms with Crippen molar-refractivity contribution in [1.82, 2.24) is 10.2 Å². The fraction of sp³-hybridized carbons (Fsp3) is 0.579. The largest absolute Gasteiger partial charge is 0.348 e. The molecule has 1 aromatic rings. The van der Waals surface area contributed by atoms with Gasteiger partial charge in [-0.1, -0.05) is 13.8 Å². The van der Waals surface area contributed by atoms with Crippen molar-refractivity contribution in [2.24, 2.45) is 11.8 Å². The molecule has 144 valence electrons. The monoisotopic (exact) mass is 427 g/mol. The van der Waals surface area contributed by atoms with E-state index in [0.717, 1.165) is 44.3 Å². The first-order valence-electron chi connectivity index (χ1n) is 9.11. The Kier molecular flexibility index (Phi) is 8.03. The lowest BCUT2D eigenvalue weighted by Crippen LogP contribution is -2.39. The topological polar surface area (TPSA) is 61.4 Å². The van der Waals surface area contributed by atoms with Crippen LogP contribution in [0, 0.1) is 17.7 Å². The predicted octanol–water partition coefficient (Wildman–Crippen LogP) is 3.40. The molecule has 2 atom stereocenters. The van der Waals surface area contributed by atoms with Gasteiger partial charge in [-0.05, 0) is 71.8 Å². The highest BCUT2D eigenvalue weighted by molar-refractivity contribution is 9.10. The molecule has 1 aromatic carbocycles. The lowest BCUT2D eigenvalue weighted by molar-refractivity contribution is -0.136. The van der Waals surface area contributed by atoms with Gasteiger partial charge in [0.1, 0.15) is 5.82 Å². The van der Waals surface area contributed by atoms with Gasteiger partial charge in [-0.15, -0.1) is 0 Å². The van der Waals surface area contributed by atoms with E-state index in [0.29, 0.717) is 16.7 Å². The maximum absolute atomic E-state index is 13.0. The third-order valence-corrected chi connectivity index (χ3v) is 5.17. The van der Waals surface area contributed by atoms with Gasteiger partial charge in [0.25, 0.3) is 0 Å². The zero-order chi connectivity index (χ0) is 19.1. The number of benzene rings is 1. The average molecular weight is 428 g/mol. The van der Waals surface area contributed by atoms with E-state index >= 15 is 0 Å². The molecule has 1 fully saturated rings. The van der Waals surface area contributed by atoms with Gasteiger partial charge in [0.2, 0.25) is 0 Å². The zero-order valence-electron chi connectivity index (χ0n) is 15.4. The molecule has 0 bridgehead atoms. The summed E-state index contributed by atoms with van der Waals surface area (Å²) in [5.41, 5.74) is 0.361. The van der Waals surface area contributed by atoms with Crippen molar-refractivity contribution in [1.29, 1.82) is 0 Å². The highest BCUT2D eigenvalue weighted by Crippen LogP contribution is 2.23. The average Bonchev–Trinajstić information content (AvgIpc) is 2.56. The molecule has 2 amide bonds. The number of nitrogens with one attached hydrogen (secondary N) is 2. The summed E-state index contributed by atoms with van der Waals surface area (Å²) in [6, 6.07) is 3.86. The summed E-state index contributed by atoms with van der Waals surface area (Å²) in [5.74, 6) is -0.366. The van der Waals surface area contributed by atoms with Crippen molar-refractivity contribution in [3.05, 3.63) is 28.5 Å². The fourth-order valence-corrected chi connectivity index (χ4v) is 3.94. The number of anilines is 1. The second-order valence-electron chi connectivity index (χ2n) is 7.25. The minimum absolute atomic E-state index is 0.361. The zero-order valence-corrected chi connectivity index (χ0v) is 16.9. The fourth-order valence-electron chi connectivity index (χ4n) is 3.49. The van der Waals surface area contributed by atoms with Crippen molar-refractivity contribution < 1.29 is 14.0 Å². The minimum atomic E-state index is -0.754. The van der Waals surface area contributed by atoms with Crippen LogP contribution in [-0.2, 0) is 9.59 Å². The van der Waals surface area contributed by atoms with E-state index in [1.807, 2.05) is 0 Å². The first kappa shape index (κ1) is 20.8. The van der Waals surface area contributed by atoms with Crippen molar-refractivity contribution in [2.75, 3.05) is 31.5 Å². The van der Waals surface area contributed by atoms with E-state index in [4.69, 9.17) is 0 Å². The first-order valence-corrected chi connectivity index (χ1v) is 9.91. The SMILES string of the molecule is C[C@H]1C[C@H](C)CN(CCCCNC(=O)C(=O)Nc2ccc(F)cc2Br)C1. The number of piperidine rings is 1. The van der Waals surface area contributed by atoms with Gasteiger partial charge in [0.15, 0.2) is 0 Å². The number of likely N-dealkylation sites (tertiary alicyclic amines) is 1. The molecule has 0 radical (unpaired) electrons. The minimum Gasteiger partial charge on any atom is -0.348 e. The van der Waals surface area contributed by atoms with Crippen LogP contribution in [0.3, 0.4) is 0 Å². The van der Waals surface area contributed by atoms with Crippen LogP contribution in [0.1, 0.15) is 33.1 Å². The molecular weight excluding hydrogens is 401 g/mol. The van der Waals surface area contributed by atoms with Crippen molar-refractivity contribution in [3.8, 4) is 0 Å². The highest BCUT2D eigenvalue weighted by Gasteiger charge is 2.21. The molecule has 5 nitrogen and oxygen atoms in total. The third kappa shape index (κ3) is 6.68. The number of hydrogen-bond acceptors (Lipinski definition) is 3. The van der Waals surface area contributed by atoms with Gasteiger partial charge in [0.05, 0.1) is 5.69 Å². The Labute approximate surface area is 162 Å². The number of amides is 2. The molecule has 0 saturated carbocycles. The Balaban J connectivity index is 1.64. The van der Waals surface area contributed by atoms with Crippen molar-refractivity contribution in [2.45, 2.75) is 33.1 Å². The normalized spacial score (nSPS) is 20.6. The van der Waals surface area contributed by atoms with Crippen LogP contribution in [-0.4, -0.2) is 42.9 Å². The van der Waals surface area contributed by atoms with Crippen LogP contribution in [0.15, 0.2) is 22.7 Å². The second kappa shape index (κ2) is 10.0. The van der Waals surface area contributed by atoms with Gasteiger partial charge in [0, 0.05) is 24.1 Å². The summed E-state index contributed by atoms with van der Waals surface area (Å²) in [5, 5.41) is 5.10. The Morgan fingerprint density at radius 2 is 1.88 bits per heavy atom. The summed E-state index contributed by atoms with van der Waals surface area (Å²) in [6.45, 7) is 8.37. The number of carbonyl (C=O) groups is 2. The number of halogens is 2. The summed E-state index contributed by atoms with van der Waals surface area (Å²) in [4.78, 5) is 26.2. The van der Waals surface area contributed by atoms with E-state index in [1.165, 1.54) is 24.6 Å². The van der Waals surface area contributed by atoms with Crippen LogP contribution in [0.5, 0.6) is 0 Å². The molecule has 0 aliphatic carbocycles. The van der Waals surface area contributed by atoms with Gasteiger partial charge < -0.3 is 15.5 Å². The Hall–Kier alpha value is -1.47. The number of nitrogens with zero attached hydrogens (tertiary/aromatic N) is 1. The third-order valence-electron chi connectivity index (χ3n) is 4.52. The van der Waals surface area contributed by atoms with Gasteiger partial charge in [-0.2, -0.15) is 0 Å². The van der Waals surface area contributed by atoms with E-state index in [2.05, 4.69) is 45.3 Å². The molecule has 0 spiro atoms. The summed E-state index contributed by atoms with van der Waals surface area (Å²) < 4.78 is 13.4. The summed E-state index contributed by atoms with van der Waals surface area (Å²) >= 11 is 3.15. The molecule has 0 unspecified atom stereocenters. The Morgan fingerprint density at radius 1 is 1.19 bits per heavy atom. The van der Waals surface area contributed by atoms with E-state index in [9.17, 15) is 14.0 Å². The molecule has 7 heteroatoms. The van der Waals surface area contributed by atoms with E-state index < -0.39 is 17.6 Å². The lowest BCUT2D eigenvalue weighted by atomic mass is 9.92. The molecule has 1 aliphatic heterocycles. The quantitative estimate of drug-likeness (QED) is 0.540. The molecular formula is C19H27BrFN3O2. The molecule has 1 saturated heterocycles. The maximum atomic E-state index is 13.0. The van der Waals surface area contributed by atoms with Crippen LogP contribution >= 0.6 is 15.9 Å². The molecule has 1 heterocycles. The predicted molar refractivity (Wildman–Crippen MR) is 104 cm³/mol. The summed E-state index contributed by atoms with van der Waals surface area (Å²) in [6.07, 6.45) is 3.12. The molecule has 0 aromatic heterocycles. The van der Waals surface area contributed by atoms with Gasteiger partial charge in [-0.25, -0.2) is 4.39 Å². The molecule has 2 rings (SSSR count). The highest BCUT2D eigenvalue weighted by atomic mass is 79.9. The summed E-state index contributed by atoms with van der Waals surface area (Å²) in [7, 11) is 0. The maximum Gasteiger partial charge on any atom is 0.313 e. The van der Waals surface area contributed by atoms with Gasteiger partial charge in [-0.3, -0.25) is 9.59 Å². The number of carbonyl (C=O) groups excluding carboxylic acids is 2.